The van der Waals surface area contributed by atoms with Gasteiger partial charge in [-0.1, -0.05) is 170 Å². The quantitative estimate of drug-likeness (QED) is 0.149. The molecule has 322 valence electrons. The minimum absolute atomic E-state index is 0.862. The molecule has 12 aromatic carbocycles. The van der Waals surface area contributed by atoms with Gasteiger partial charge in [-0.15, -0.1) is 0 Å². The third kappa shape index (κ3) is 6.43. The van der Waals surface area contributed by atoms with E-state index in [0.717, 1.165) is 44.4 Å². The first kappa shape index (κ1) is 39.0. The number of hydrogen-bond acceptors (Lipinski definition) is 2. The molecule has 0 unspecified atom stereocenters. The summed E-state index contributed by atoms with van der Waals surface area (Å²) in [4.78, 5) is 2.36. The summed E-state index contributed by atoms with van der Waals surface area (Å²) < 4.78 is 9.12. The van der Waals surface area contributed by atoms with Crippen LogP contribution in [0.3, 0.4) is 0 Å². The Bertz CT molecular complexity index is 4300. The molecule has 0 atom stereocenters. The van der Waals surface area contributed by atoms with E-state index < -0.39 is 0 Å². The Hall–Kier alpha value is -9.18. The van der Waals surface area contributed by atoms with E-state index in [-0.39, 0.29) is 0 Å². The molecule has 0 saturated carbocycles. The summed E-state index contributed by atoms with van der Waals surface area (Å²) in [5.74, 6) is 0. The van der Waals surface area contributed by atoms with E-state index >= 15 is 0 Å². The van der Waals surface area contributed by atoms with Crippen LogP contribution in [0, 0.1) is 0 Å². The van der Waals surface area contributed by atoms with E-state index in [2.05, 4.69) is 264 Å². The first-order chi connectivity index (χ1) is 34.2. The van der Waals surface area contributed by atoms with Crippen LogP contribution in [-0.2, 0) is 0 Å². The number of fused-ring (bicyclic) bond motifs is 11. The van der Waals surface area contributed by atoms with Crippen LogP contribution >= 0.6 is 0 Å². The zero-order valence-electron chi connectivity index (χ0n) is 37.6. The monoisotopic (exact) mass is 878 g/mol. The highest BCUT2D eigenvalue weighted by Gasteiger charge is 2.19. The van der Waals surface area contributed by atoms with Gasteiger partial charge in [-0.3, -0.25) is 0 Å². The fourth-order valence-electron chi connectivity index (χ4n) is 10.9. The Morgan fingerprint density at radius 3 is 1.62 bits per heavy atom. The molecule has 0 amide bonds. The van der Waals surface area contributed by atoms with Crippen molar-refractivity contribution in [3.8, 4) is 39.1 Å². The molecule has 69 heavy (non-hydrogen) atoms. The molecule has 0 fully saturated rings. The number of rotatable bonds is 7. The molecule has 14 rings (SSSR count). The largest absolute Gasteiger partial charge is 0.455 e. The van der Waals surface area contributed by atoms with Gasteiger partial charge >= 0.3 is 0 Å². The maximum atomic E-state index is 6.75. The van der Waals surface area contributed by atoms with Crippen LogP contribution in [-0.4, -0.2) is 4.57 Å². The van der Waals surface area contributed by atoms with Gasteiger partial charge in [0.2, 0.25) is 0 Å². The predicted molar refractivity (Wildman–Crippen MR) is 292 cm³/mol. The standard InChI is InChI=1S/C66H42N2O/c1-3-13-43(14-4-1)54-18-9-10-19-55(54)45-25-30-51(31-26-45)67(53-33-37-60-61-35-27-44-15-7-8-20-58(44)66(61)69-65(60)42-53)52-32-36-57-49(40-52)24-23-48-39-46(28-34-56(48)57)47-29-38-64-62(41-47)59-21-11-12-22-63(59)68(64)50-16-5-2-6-17-50/h1-42H. The number of benzene rings is 12. The third-order valence-corrected chi connectivity index (χ3v) is 14.2. The van der Waals surface area contributed by atoms with Crippen molar-refractivity contribution in [1.82, 2.24) is 4.57 Å². The highest BCUT2D eigenvalue weighted by molar-refractivity contribution is 6.16. The average molecular weight is 879 g/mol. The molecule has 0 spiro atoms. The average Bonchev–Trinajstić information content (AvgIpc) is 3.97. The van der Waals surface area contributed by atoms with Crippen LogP contribution in [0.5, 0.6) is 0 Å². The SMILES string of the molecule is c1ccc(-c2ccccc2-c2ccc(N(c3ccc4c(ccc5cc(-c6ccc7c(c6)c6ccccc6n7-c6ccccc6)ccc54)c3)c3ccc4c(c3)oc3c5ccccc5ccc43)cc2)cc1. The second kappa shape index (κ2) is 15.7. The lowest BCUT2D eigenvalue weighted by atomic mass is 9.94. The van der Waals surface area contributed by atoms with E-state index in [1.54, 1.807) is 0 Å². The molecule has 3 nitrogen and oxygen atoms in total. The van der Waals surface area contributed by atoms with Crippen molar-refractivity contribution in [1.29, 1.82) is 0 Å². The molecule has 14 aromatic rings. The van der Waals surface area contributed by atoms with Crippen molar-refractivity contribution < 1.29 is 4.42 Å². The Balaban J connectivity index is 0.871. The number of aromatic nitrogens is 1. The van der Waals surface area contributed by atoms with Crippen LogP contribution < -0.4 is 4.90 Å². The van der Waals surface area contributed by atoms with E-state index in [1.165, 1.54) is 87.8 Å². The molecule has 0 aliphatic carbocycles. The molecule has 0 saturated heterocycles. The lowest BCUT2D eigenvalue weighted by Crippen LogP contribution is -2.09. The highest BCUT2D eigenvalue weighted by atomic mass is 16.3. The third-order valence-electron chi connectivity index (χ3n) is 14.2. The fourth-order valence-corrected chi connectivity index (χ4v) is 10.9. The maximum absolute atomic E-state index is 6.75. The number of nitrogens with zero attached hydrogens (tertiary/aromatic N) is 2. The summed E-state index contributed by atoms with van der Waals surface area (Å²) in [5, 5.41) is 11.9. The van der Waals surface area contributed by atoms with Crippen LogP contribution in [0.1, 0.15) is 0 Å². The van der Waals surface area contributed by atoms with Crippen LogP contribution in [0.25, 0.3) is 115 Å². The van der Waals surface area contributed by atoms with Gasteiger partial charge in [0, 0.05) is 55.7 Å². The number of para-hydroxylation sites is 2. The summed E-state index contributed by atoms with van der Waals surface area (Å²) in [6.07, 6.45) is 0. The second-order valence-electron chi connectivity index (χ2n) is 18.1. The molecule has 0 aliphatic heterocycles. The Kier molecular flexibility index (Phi) is 8.90. The zero-order valence-corrected chi connectivity index (χ0v) is 37.6. The fraction of sp³-hybridized carbons (Fsp3) is 0. The minimum atomic E-state index is 0.862. The van der Waals surface area contributed by atoms with E-state index in [4.69, 9.17) is 4.42 Å². The van der Waals surface area contributed by atoms with Crippen LogP contribution in [0.4, 0.5) is 17.1 Å². The number of hydrogen-bond donors (Lipinski definition) is 0. The van der Waals surface area contributed by atoms with Gasteiger partial charge in [0.15, 0.2) is 0 Å². The highest BCUT2D eigenvalue weighted by Crippen LogP contribution is 2.43. The lowest BCUT2D eigenvalue weighted by Gasteiger charge is -2.26. The summed E-state index contributed by atoms with van der Waals surface area (Å²) in [6, 6.07) is 92.4. The summed E-state index contributed by atoms with van der Waals surface area (Å²) in [7, 11) is 0. The van der Waals surface area contributed by atoms with Crippen LogP contribution in [0.15, 0.2) is 259 Å². The Morgan fingerprint density at radius 2 is 0.826 bits per heavy atom. The van der Waals surface area contributed by atoms with Gasteiger partial charge in [0.05, 0.1) is 11.0 Å². The molecular weight excluding hydrogens is 837 g/mol. The van der Waals surface area contributed by atoms with Gasteiger partial charge in [0.25, 0.3) is 0 Å². The first-order valence-corrected chi connectivity index (χ1v) is 23.6. The minimum Gasteiger partial charge on any atom is -0.455 e. The lowest BCUT2D eigenvalue weighted by molar-refractivity contribution is 0.672. The summed E-state index contributed by atoms with van der Waals surface area (Å²) in [6.45, 7) is 0. The number of furan rings is 1. The van der Waals surface area contributed by atoms with Crippen molar-refractivity contribution in [2.75, 3.05) is 4.90 Å². The van der Waals surface area contributed by atoms with Crippen molar-refractivity contribution >= 4 is 93.1 Å². The molecule has 3 heteroatoms. The van der Waals surface area contributed by atoms with E-state index in [9.17, 15) is 0 Å². The first-order valence-electron chi connectivity index (χ1n) is 23.6. The molecule has 0 bridgehead atoms. The Labute approximate surface area is 399 Å². The second-order valence-corrected chi connectivity index (χ2v) is 18.1. The smallest absolute Gasteiger partial charge is 0.143 e. The van der Waals surface area contributed by atoms with Crippen molar-refractivity contribution in [3.63, 3.8) is 0 Å². The summed E-state index contributed by atoms with van der Waals surface area (Å²) >= 11 is 0. The van der Waals surface area contributed by atoms with Gasteiger partial charge in [0.1, 0.15) is 11.2 Å². The van der Waals surface area contributed by atoms with Gasteiger partial charge in [-0.2, -0.15) is 0 Å². The molecule has 2 heterocycles. The maximum Gasteiger partial charge on any atom is 0.143 e. The van der Waals surface area contributed by atoms with Crippen LogP contribution in [0.2, 0.25) is 0 Å². The summed E-state index contributed by atoms with van der Waals surface area (Å²) in [5.41, 5.74) is 15.7. The van der Waals surface area contributed by atoms with Crippen molar-refractivity contribution in [2.45, 2.75) is 0 Å². The molecular formula is C66H42N2O. The predicted octanol–water partition coefficient (Wildman–Crippen LogP) is 18.6. The van der Waals surface area contributed by atoms with Gasteiger partial charge in [-0.05, 0) is 139 Å². The topological polar surface area (TPSA) is 21.3 Å². The zero-order chi connectivity index (χ0) is 45.4. The molecule has 2 aromatic heterocycles. The van der Waals surface area contributed by atoms with Crippen molar-refractivity contribution in [3.05, 3.63) is 255 Å². The number of anilines is 3. The van der Waals surface area contributed by atoms with Crippen molar-refractivity contribution in [2.24, 2.45) is 0 Å². The normalized spacial score (nSPS) is 11.8. The van der Waals surface area contributed by atoms with Gasteiger partial charge < -0.3 is 13.9 Å². The molecule has 0 N–H and O–H groups in total. The van der Waals surface area contributed by atoms with Gasteiger partial charge in [-0.25, -0.2) is 0 Å². The molecule has 0 aliphatic rings. The van der Waals surface area contributed by atoms with E-state index in [1.807, 2.05) is 0 Å². The molecule has 0 radical (unpaired) electrons. The Morgan fingerprint density at radius 1 is 0.290 bits per heavy atom. The van der Waals surface area contributed by atoms with E-state index in [0.29, 0.717) is 0 Å².